The summed E-state index contributed by atoms with van der Waals surface area (Å²) in [5.41, 5.74) is 1.75. The van der Waals surface area contributed by atoms with Crippen molar-refractivity contribution >= 4 is 34.0 Å². The molecule has 0 bridgehead atoms. The Morgan fingerprint density at radius 3 is 2.94 bits per heavy atom. The number of aryl methyl sites for hydroxylation is 1. The third-order valence-electron chi connectivity index (χ3n) is 5.78. The van der Waals surface area contributed by atoms with Gasteiger partial charge in [-0.25, -0.2) is 0 Å². The smallest absolute Gasteiger partial charge is 0.235 e. The van der Waals surface area contributed by atoms with Crippen molar-refractivity contribution in [2.45, 2.75) is 43.4 Å². The predicted molar refractivity (Wildman–Crippen MR) is 126 cm³/mol. The quantitative estimate of drug-likeness (QED) is 0.429. The minimum atomic E-state index is -0.375. The maximum Gasteiger partial charge on any atom is 0.235 e. The Labute approximate surface area is 199 Å². The summed E-state index contributed by atoms with van der Waals surface area (Å²) < 4.78 is 13.6. The van der Waals surface area contributed by atoms with E-state index < -0.39 is 0 Å². The first kappa shape index (κ1) is 21.8. The number of para-hydroxylation sites is 2. The molecule has 0 saturated carbocycles. The summed E-state index contributed by atoms with van der Waals surface area (Å²) in [5, 5.41) is 22.4. The van der Waals surface area contributed by atoms with E-state index in [2.05, 4.69) is 21.6 Å². The minimum Gasteiger partial charge on any atom is -0.485 e. The summed E-state index contributed by atoms with van der Waals surface area (Å²) in [6.45, 7) is 0.341. The highest BCUT2D eigenvalue weighted by molar-refractivity contribution is 7.99. The first-order valence-electron chi connectivity index (χ1n) is 10.9. The van der Waals surface area contributed by atoms with Gasteiger partial charge in [-0.2, -0.15) is 5.26 Å². The number of nitrogens with zero attached hydrogens (tertiary/aromatic N) is 4. The number of thiophene rings is 1. The second kappa shape index (κ2) is 9.45. The average molecular weight is 482 g/mol. The topological polar surface area (TPSA) is 102 Å². The lowest BCUT2D eigenvalue weighted by atomic mass is 10.1. The van der Waals surface area contributed by atoms with Gasteiger partial charge < -0.3 is 19.4 Å². The molecule has 0 fully saturated rings. The van der Waals surface area contributed by atoms with Crippen molar-refractivity contribution in [3.63, 3.8) is 0 Å². The van der Waals surface area contributed by atoms with Gasteiger partial charge in [0.05, 0.1) is 11.3 Å². The zero-order chi connectivity index (χ0) is 22.8. The van der Waals surface area contributed by atoms with Crippen molar-refractivity contribution in [1.82, 2.24) is 14.8 Å². The van der Waals surface area contributed by atoms with Gasteiger partial charge in [-0.1, -0.05) is 30.3 Å². The summed E-state index contributed by atoms with van der Waals surface area (Å²) >= 11 is 2.84. The molecule has 1 atom stereocenters. The minimum absolute atomic E-state index is 0.163. The third-order valence-corrected chi connectivity index (χ3v) is 8.01. The highest BCUT2D eigenvalue weighted by Crippen LogP contribution is 2.38. The molecule has 3 heterocycles. The number of hydrogen-bond donors (Lipinski definition) is 1. The fraction of sp³-hybridized carbons (Fsp3) is 0.391. The van der Waals surface area contributed by atoms with Crippen LogP contribution in [0.1, 0.15) is 47.2 Å². The molecule has 8 nitrogen and oxygen atoms in total. The predicted octanol–water partition coefficient (Wildman–Crippen LogP) is 4.26. The largest absolute Gasteiger partial charge is 0.485 e. The van der Waals surface area contributed by atoms with Gasteiger partial charge in [0.25, 0.3) is 0 Å². The van der Waals surface area contributed by atoms with Crippen LogP contribution in [0.25, 0.3) is 0 Å². The van der Waals surface area contributed by atoms with E-state index in [0.717, 1.165) is 31.2 Å². The van der Waals surface area contributed by atoms with Gasteiger partial charge in [0.15, 0.2) is 28.6 Å². The molecule has 170 valence electrons. The highest BCUT2D eigenvalue weighted by Gasteiger charge is 2.28. The fourth-order valence-electron chi connectivity index (χ4n) is 4.12. The lowest BCUT2D eigenvalue weighted by molar-refractivity contribution is -0.113. The Balaban J connectivity index is 1.23. The summed E-state index contributed by atoms with van der Waals surface area (Å²) in [5.74, 6) is 2.03. The van der Waals surface area contributed by atoms with Gasteiger partial charge in [-0.05, 0) is 43.4 Å². The van der Waals surface area contributed by atoms with Crippen LogP contribution in [0.15, 0.2) is 29.4 Å². The van der Waals surface area contributed by atoms with Crippen molar-refractivity contribution < 1.29 is 14.3 Å². The zero-order valence-corrected chi connectivity index (χ0v) is 19.8. The van der Waals surface area contributed by atoms with E-state index in [1.165, 1.54) is 23.1 Å². The van der Waals surface area contributed by atoms with Crippen molar-refractivity contribution in [3.8, 4) is 17.6 Å². The van der Waals surface area contributed by atoms with Crippen molar-refractivity contribution in [2.75, 3.05) is 17.7 Å². The van der Waals surface area contributed by atoms with E-state index in [0.29, 0.717) is 39.7 Å². The molecule has 1 N–H and O–H groups in total. The molecule has 1 aliphatic carbocycles. The van der Waals surface area contributed by atoms with Gasteiger partial charge >= 0.3 is 0 Å². The van der Waals surface area contributed by atoms with Crippen LogP contribution in [0, 0.1) is 11.3 Å². The SMILES string of the molecule is Cn1c(SCC(=O)Nc2sc3c(c2C#N)CCCCC3)nnc1C1COc2ccccc2O1. The van der Waals surface area contributed by atoms with E-state index in [4.69, 9.17) is 9.47 Å². The van der Waals surface area contributed by atoms with Crippen LogP contribution in [-0.4, -0.2) is 33.0 Å². The van der Waals surface area contributed by atoms with Crippen LogP contribution in [0.3, 0.4) is 0 Å². The molecule has 0 radical (unpaired) electrons. The van der Waals surface area contributed by atoms with Crippen LogP contribution in [0.5, 0.6) is 11.5 Å². The number of carbonyl (C=O) groups is 1. The van der Waals surface area contributed by atoms with Gasteiger partial charge in [0.1, 0.15) is 17.7 Å². The molecule has 3 aromatic rings. The fourth-order valence-corrected chi connectivity index (χ4v) is 6.09. The molecule has 1 aliphatic heterocycles. The average Bonchev–Trinajstić information content (AvgIpc) is 3.26. The standard InChI is InChI=1S/C23H23N5O3S2/c1-28-21(18-12-30-16-8-5-6-9-17(16)31-18)26-27-23(28)32-13-20(29)25-22-15(11-24)14-7-3-2-4-10-19(14)33-22/h5-6,8-9,18H,2-4,7,10,12-13H2,1H3,(H,25,29). The van der Waals surface area contributed by atoms with Gasteiger partial charge in [-0.15, -0.1) is 21.5 Å². The number of rotatable bonds is 5. The first-order chi connectivity index (χ1) is 16.1. The van der Waals surface area contributed by atoms with E-state index in [9.17, 15) is 10.1 Å². The Morgan fingerprint density at radius 1 is 1.27 bits per heavy atom. The summed E-state index contributed by atoms with van der Waals surface area (Å²) in [6, 6.07) is 9.82. The molecule has 10 heteroatoms. The second-order valence-electron chi connectivity index (χ2n) is 7.98. The maximum absolute atomic E-state index is 12.7. The van der Waals surface area contributed by atoms with Gasteiger partial charge in [0.2, 0.25) is 5.91 Å². The number of hydrogen-bond acceptors (Lipinski definition) is 8. The molecule has 1 amide bonds. The Hall–Kier alpha value is -3.03. The van der Waals surface area contributed by atoms with Crippen molar-refractivity contribution in [2.24, 2.45) is 7.05 Å². The normalized spacial score (nSPS) is 17.0. The highest BCUT2D eigenvalue weighted by atomic mass is 32.2. The lowest BCUT2D eigenvalue weighted by Gasteiger charge is -2.25. The maximum atomic E-state index is 12.7. The summed E-state index contributed by atoms with van der Waals surface area (Å²) in [7, 11) is 1.85. The number of thioether (sulfide) groups is 1. The second-order valence-corrected chi connectivity index (χ2v) is 10.0. The van der Waals surface area contributed by atoms with E-state index >= 15 is 0 Å². The van der Waals surface area contributed by atoms with Gasteiger partial charge in [0, 0.05) is 11.9 Å². The molecule has 1 aromatic carbocycles. The Morgan fingerprint density at radius 2 is 2.09 bits per heavy atom. The van der Waals surface area contributed by atoms with Crippen molar-refractivity contribution in [3.05, 3.63) is 46.1 Å². The molecule has 0 spiro atoms. The van der Waals surface area contributed by atoms with Crippen LogP contribution >= 0.6 is 23.1 Å². The van der Waals surface area contributed by atoms with E-state index in [1.54, 1.807) is 11.3 Å². The number of ether oxygens (including phenoxy) is 2. The first-order valence-corrected chi connectivity index (χ1v) is 12.7. The van der Waals surface area contributed by atoms with Crippen molar-refractivity contribution in [1.29, 1.82) is 5.26 Å². The summed E-state index contributed by atoms with van der Waals surface area (Å²) in [6.07, 6.45) is 4.95. The number of anilines is 1. The van der Waals surface area contributed by atoms with Crippen LogP contribution in [0.2, 0.25) is 0 Å². The van der Waals surface area contributed by atoms with E-state index in [1.807, 2.05) is 35.9 Å². The number of carbonyl (C=O) groups excluding carboxylic acids is 1. The van der Waals surface area contributed by atoms with Gasteiger partial charge in [-0.3, -0.25) is 4.79 Å². The molecular formula is C23H23N5O3S2. The molecule has 2 aliphatic rings. The molecule has 0 saturated heterocycles. The summed E-state index contributed by atoms with van der Waals surface area (Å²) in [4.78, 5) is 13.9. The number of nitrogens with one attached hydrogen (secondary N) is 1. The van der Waals surface area contributed by atoms with Crippen LogP contribution in [-0.2, 0) is 24.7 Å². The Bertz CT molecular complexity index is 1230. The molecule has 5 rings (SSSR count). The van der Waals surface area contributed by atoms with Crippen LogP contribution in [0.4, 0.5) is 5.00 Å². The Kier molecular flexibility index (Phi) is 6.24. The van der Waals surface area contributed by atoms with E-state index in [-0.39, 0.29) is 17.8 Å². The molecule has 2 aromatic heterocycles. The monoisotopic (exact) mass is 481 g/mol. The number of nitriles is 1. The van der Waals surface area contributed by atoms with Crippen LogP contribution < -0.4 is 14.8 Å². The zero-order valence-electron chi connectivity index (χ0n) is 18.2. The molecule has 33 heavy (non-hydrogen) atoms. The lowest BCUT2D eigenvalue weighted by Crippen LogP contribution is -2.24. The molecular weight excluding hydrogens is 458 g/mol. The molecule has 1 unspecified atom stereocenters. The number of benzene rings is 1. The third kappa shape index (κ3) is 4.43. The number of fused-ring (bicyclic) bond motifs is 2. The number of amides is 1. The number of aromatic nitrogens is 3.